The van der Waals surface area contributed by atoms with Gasteiger partial charge in [0, 0.05) is 30.6 Å². The van der Waals surface area contributed by atoms with E-state index in [0.29, 0.717) is 12.6 Å². The Labute approximate surface area is 139 Å². The van der Waals surface area contributed by atoms with Crippen LogP contribution in [0.25, 0.3) is 0 Å². The molecule has 1 N–H and O–H groups in total. The van der Waals surface area contributed by atoms with Crippen molar-refractivity contribution in [3.8, 4) is 0 Å². The van der Waals surface area contributed by atoms with E-state index in [-0.39, 0.29) is 23.9 Å². The van der Waals surface area contributed by atoms with Crippen molar-refractivity contribution in [1.82, 2.24) is 15.1 Å². The maximum atomic E-state index is 12.8. The molecule has 3 fully saturated rings. The first-order chi connectivity index (χ1) is 10.9. The van der Waals surface area contributed by atoms with E-state index in [2.05, 4.69) is 10.2 Å². The van der Waals surface area contributed by atoms with Crippen molar-refractivity contribution in [2.75, 3.05) is 19.6 Å². The minimum absolute atomic E-state index is 0.0672. The Balaban J connectivity index is 1.62. The summed E-state index contributed by atoms with van der Waals surface area (Å²) in [6.07, 6.45) is 6.53. The van der Waals surface area contributed by atoms with Crippen LogP contribution >= 0.6 is 0 Å². The highest BCUT2D eigenvalue weighted by Gasteiger charge is 2.41. The average molecular weight is 321 g/mol. The second-order valence-electron chi connectivity index (χ2n) is 8.41. The smallest absolute Gasteiger partial charge is 0.243 e. The Morgan fingerprint density at radius 1 is 0.957 bits per heavy atom. The number of carbonyl (C=O) groups excluding carboxylic acids is 2. The van der Waals surface area contributed by atoms with Gasteiger partial charge in [-0.15, -0.1) is 0 Å². The lowest BCUT2D eigenvalue weighted by Gasteiger charge is -2.34. The van der Waals surface area contributed by atoms with Gasteiger partial charge in [0.05, 0.1) is 0 Å². The van der Waals surface area contributed by atoms with Crippen molar-refractivity contribution in [2.24, 2.45) is 5.41 Å². The van der Waals surface area contributed by atoms with Crippen LogP contribution in [0.2, 0.25) is 0 Å². The topological polar surface area (TPSA) is 52.7 Å². The summed E-state index contributed by atoms with van der Waals surface area (Å²) in [5.41, 5.74) is -0.420. The maximum absolute atomic E-state index is 12.8. The third kappa shape index (κ3) is 3.39. The first-order valence-corrected chi connectivity index (χ1v) is 9.23. The summed E-state index contributed by atoms with van der Waals surface area (Å²) in [5.74, 6) is 0.165. The normalized spacial score (nSPS) is 32.0. The summed E-state index contributed by atoms with van der Waals surface area (Å²) < 4.78 is 0. The molecule has 3 saturated heterocycles. The molecule has 0 aromatic heterocycles. The van der Waals surface area contributed by atoms with E-state index in [0.717, 1.165) is 25.8 Å². The molecule has 0 radical (unpaired) electrons. The van der Waals surface area contributed by atoms with Crippen LogP contribution in [-0.4, -0.2) is 59.4 Å². The van der Waals surface area contributed by atoms with Crippen molar-refractivity contribution in [3.63, 3.8) is 0 Å². The summed E-state index contributed by atoms with van der Waals surface area (Å²) >= 11 is 0. The molecule has 0 aliphatic carbocycles. The summed E-state index contributed by atoms with van der Waals surface area (Å²) in [6.45, 7) is 8.78. The number of nitrogens with zero attached hydrogens (tertiary/aromatic N) is 2. The van der Waals surface area contributed by atoms with E-state index in [1.807, 2.05) is 25.7 Å². The van der Waals surface area contributed by atoms with Crippen molar-refractivity contribution in [2.45, 2.75) is 77.4 Å². The first-order valence-electron chi connectivity index (χ1n) is 9.23. The van der Waals surface area contributed by atoms with Gasteiger partial charge in [-0.25, -0.2) is 0 Å². The number of rotatable bonds is 2. The van der Waals surface area contributed by atoms with Gasteiger partial charge < -0.3 is 10.2 Å². The van der Waals surface area contributed by atoms with Crippen molar-refractivity contribution in [1.29, 1.82) is 0 Å². The molecule has 3 aliphatic heterocycles. The van der Waals surface area contributed by atoms with E-state index in [1.54, 1.807) is 0 Å². The molecule has 3 unspecified atom stereocenters. The number of fused-ring (bicyclic) bond motifs is 1. The van der Waals surface area contributed by atoms with E-state index in [4.69, 9.17) is 0 Å². The van der Waals surface area contributed by atoms with Crippen molar-refractivity contribution >= 4 is 11.8 Å². The molecule has 0 bridgehead atoms. The predicted molar refractivity (Wildman–Crippen MR) is 89.9 cm³/mol. The van der Waals surface area contributed by atoms with Gasteiger partial charge in [0.25, 0.3) is 0 Å². The summed E-state index contributed by atoms with van der Waals surface area (Å²) in [4.78, 5) is 29.7. The first kappa shape index (κ1) is 16.7. The van der Waals surface area contributed by atoms with Crippen LogP contribution in [0.3, 0.4) is 0 Å². The molecular weight excluding hydrogens is 290 g/mol. The molecule has 0 spiro atoms. The SMILES string of the molecule is CC(C)(C)C(=O)N1CCCC1C(=O)NC1CCN2CCCCC12. The number of piperidine rings is 1. The van der Waals surface area contributed by atoms with Crippen LogP contribution in [0.5, 0.6) is 0 Å². The molecule has 3 rings (SSSR count). The number of nitrogens with one attached hydrogen (secondary N) is 1. The molecule has 3 aliphatic rings. The zero-order valence-corrected chi connectivity index (χ0v) is 14.8. The van der Waals surface area contributed by atoms with Crippen LogP contribution in [0.1, 0.15) is 59.3 Å². The number of likely N-dealkylation sites (tertiary alicyclic amines) is 1. The lowest BCUT2D eigenvalue weighted by Crippen LogP contribution is -2.54. The van der Waals surface area contributed by atoms with Crippen LogP contribution < -0.4 is 5.32 Å². The summed E-state index contributed by atoms with van der Waals surface area (Å²) in [5, 5.41) is 3.28. The van der Waals surface area contributed by atoms with Crippen molar-refractivity contribution in [3.05, 3.63) is 0 Å². The van der Waals surface area contributed by atoms with E-state index >= 15 is 0 Å². The van der Waals surface area contributed by atoms with E-state index < -0.39 is 5.41 Å². The molecular formula is C18H31N3O2. The zero-order chi connectivity index (χ0) is 16.6. The Morgan fingerprint density at radius 3 is 2.48 bits per heavy atom. The van der Waals surface area contributed by atoms with Gasteiger partial charge in [0.2, 0.25) is 11.8 Å². The van der Waals surface area contributed by atoms with Crippen LogP contribution in [0.4, 0.5) is 0 Å². The average Bonchev–Trinajstić information content (AvgIpc) is 3.13. The molecule has 5 nitrogen and oxygen atoms in total. The Morgan fingerprint density at radius 2 is 1.74 bits per heavy atom. The molecule has 0 saturated carbocycles. The largest absolute Gasteiger partial charge is 0.350 e. The summed E-state index contributed by atoms with van der Waals surface area (Å²) in [7, 11) is 0. The Kier molecular flexibility index (Phi) is 4.68. The third-order valence-corrected chi connectivity index (χ3v) is 5.64. The van der Waals surface area contributed by atoms with Crippen molar-refractivity contribution < 1.29 is 9.59 Å². The maximum Gasteiger partial charge on any atom is 0.243 e. The fraction of sp³-hybridized carbons (Fsp3) is 0.889. The predicted octanol–water partition coefficient (Wildman–Crippen LogP) is 1.77. The number of carbonyl (C=O) groups is 2. The summed E-state index contributed by atoms with van der Waals surface area (Å²) in [6, 6.07) is 0.523. The van der Waals surface area contributed by atoms with E-state index in [1.165, 1.54) is 25.8 Å². The van der Waals surface area contributed by atoms with Gasteiger partial charge >= 0.3 is 0 Å². The van der Waals surface area contributed by atoms with Gasteiger partial charge in [0.15, 0.2) is 0 Å². The minimum Gasteiger partial charge on any atom is -0.350 e. The minimum atomic E-state index is -0.420. The highest BCUT2D eigenvalue weighted by molar-refractivity contribution is 5.90. The molecule has 5 heteroatoms. The lowest BCUT2D eigenvalue weighted by molar-refractivity contribution is -0.144. The monoisotopic (exact) mass is 321 g/mol. The van der Waals surface area contributed by atoms with E-state index in [9.17, 15) is 9.59 Å². The second-order valence-corrected chi connectivity index (χ2v) is 8.41. The number of amides is 2. The van der Waals surface area contributed by atoms with Gasteiger partial charge in [-0.3, -0.25) is 14.5 Å². The second kappa shape index (κ2) is 6.42. The van der Waals surface area contributed by atoms with Gasteiger partial charge in [0.1, 0.15) is 6.04 Å². The number of hydrogen-bond donors (Lipinski definition) is 1. The lowest BCUT2D eigenvalue weighted by atomic mass is 9.94. The Hall–Kier alpha value is -1.10. The number of hydrogen-bond acceptors (Lipinski definition) is 3. The zero-order valence-electron chi connectivity index (χ0n) is 14.8. The van der Waals surface area contributed by atoms with Gasteiger partial charge in [-0.05, 0) is 38.6 Å². The fourth-order valence-corrected chi connectivity index (χ4v) is 4.41. The van der Waals surface area contributed by atoms with Crippen LogP contribution in [0, 0.1) is 5.41 Å². The molecule has 2 amide bonds. The molecule has 0 aromatic rings. The molecule has 3 heterocycles. The quantitative estimate of drug-likeness (QED) is 0.843. The molecule has 3 atom stereocenters. The molecule has 23 heavy (non-hydrogen) atoms. The molecule has 0 aromatic carbocycles. The highest BCUT2D eigenvalue weighted by atomic mass is 16.2. The standard InChI is InChI=1S/C18H31N3O2/c1-18(2,3)17(23)21-11-6-8-15(21)16(22)19-13-9-12-20-10-5-4-7-14(13)20/h13-15H,4-12H2,1-3H3,(H,19,22). The fourth-order valence-electron chi connectivity index (χ4n) is 4.41. The van der Waals surface area contributed by atoms with Gasteiger partial charge in [-0.1, -0.05) is 27.2 Å². The highest BCUT2D eigenvalue weighted by Crippen LogP contribution is 2.29. The van der Waals surface area contributed by atoms with Crippen LogP contribution in [-0.2, 0) is 9.59 Å². The van der Waals surface area contributed by atoms with Crippen LogP contribution in [0.15, 0.2) is 0 Å². The van der Waals surface area contributed by atoms with Gasteiger partial charge in [-0.2, -0.15) is 0 Å². The Bertz CT molecular complexity index is 471. The third-order valence-electron chi connectivity index (χ3n) is 5.64. The molecule has 130 valence electrons.